The van der Waals surface area contributed by atoms with Gasteiger partial charge in [0, 0.05) is 23.5 Å². The van der Waals surface area contributed by atoms with E-state index in [4.69, 9.17) is 0 Å². The van der Waals surface area contributed by atoms with Gasteiger partial charge in [-0.2, -0.15) is 0 Å². The Hall–Kier alpha value is -2.80. The number of fused-ring (bicyclic) bond motifs is 1. The zero-order valence-electron chi connectivity index (χ0n) is 15.2. The van der Waals surface area contributed by atoms with Gasteiger partial charge in [0.25, 0.3) is 5.91 Å². The lowest BCUT2D eigenvalue weighted by molar-refractivity contribution is -0.119. The standard InChI is InChI=1S/C20H20N4O2S/c1-12-5-6-16-14(10-12)11-15(13(2)22-16)19(26)24-8-3-4-17(24)18(25)23-20-21-7-9-27-20/h5-7,9-11,17H,3-4,8H2,1-2H3,(H,21,23,25). The molecule has 4 rings (SSSR count). The van der Waals surface area contributed by atoms with E-state index in [1.54, 1.807) is 16.5 Å². The molecule has 1 aliphatic rings. The Morgan fingerprint density at radius 3 is 2.89 bits per heavy atom. The van der Waals surface area contributed by atoms with Crippen molar-refractivity contribution >= 4 is 39.2 Å². The molecule has 1 saturated heterocycles. The molecular formula is C20H20N4O2S. The smallest absolute Gasteiger partial charge is 0.256 e. The molecule has 1 fully saturated rings. The molecule has 1 unspecified atom stereocenters. The minimum absolute atomic E-state index is 0.139. The summed E-state index contributed by atoms with van der Waals surface area (Å²) in [6.07, 6.45) is 3.10. The second-order valence-corrected chi connectivity index (χ2v) is 7.70. The predicted octanol–water partition coefficient (Wildman–Crippen LogP) is 3.55. The van der Waals surface area contributed by atoms with Gasteiger partial charge in [0.2, 0.25) is 5.91 Å². The molecule has 0 aliphatic carbocycles. The largest absolute Gasteiger partial charge is 0.327 e. The molecule has 0 bridgehead atoms. The molecule has 1 N–H and O–H groups in total. The van der Waals surface area contributed by atoms with Crippen LogP contribution in [0, 0.1) is 13.8 Å². The number of pyridine rings is 1. The second-order valence-electron chi connectivity index (χ2n) is 6.80. The quantitative estimate of drug-likeness (QED) is 0.754. The van der Waals surface area contributed by atoms with E-state index in [2.05, 4.69) is 15.3 Å². The highest BCUT2D eigenvalue weighted by Gasteiger charge is 2.35. The molecule has 3 aromatic rings. The SMILES string of the molecule is Cc1ccc2nc(C)c(C(=O)N3CCCC3C(=O)Nc3nccs3)cc2c1. The van der Waals surface area contributed by atoms with Crippen molar-refractivity contribution in [2.75, 3.05) is 11.9 Å². The number of nitrogens with zero attached hydrogens (tertiary/aromatic N) is 3. The monoisotopic (exact) mass is 380 g/mol. The van der Waals surface area contributed by atoms with Crippen molar-refractivity contribution in [2.24, 2.45) is 0 Å². The van der Waals surface area contributed by atoms with Gasteiger partial charge in [-0.05, 0) is 44.9 Å². The number of aromatic nitrogens is 2. The van der Waals surface area contributed by atoms with E-state index in [-0.39, 0.29) is 11.8 Å². The van der Waals surface area contributed by atoms with Gasteiger partial charge in [-0.3, -0.25) is 14.6 Å². The van der Waals surface area contributed by atoms with Crippen molar-refractivity contribution in [1.82, 2.24) is 14.9 Å². The second kappa shape index (κ2) is 7.08. The number of carbonyl (C=O) groups is 2. The molecule has 6 nitrogen and oxygen atoms in total. The summed E-state index contributed by atoms with van der Waals surface area (Å²) < 4.78 is 0. The fourth-order valence-corrected chi connectivity index (χ4v) is 4.05. The van der Waals surface area contributed by atoms with Crippen LogP contribution in [-0.4, -0.2) is 39.3 Å². The van der Waals surface area contributed by atoms with Gasteiger partial charge in [-0.15, -0.1) is 11.3 Å². The summed E-state index contributed by atoms with van der Waals surface area (Å²) in [6, 6.07) is 7.41. The third-order valence-corrected chi connectivity index (χ3v) is 5.56. The van der Waals surface area contributed by atoms with Crippen LogP contribution in [0.15, 0.2) is 35.8 Å². The van der Waals surface area contributed by atoms with Crippen LogP contribution >= 0.6 is 11.3 Å². The van der Waals surface area contributed by atoms with Gasteiger partial charge < -0.3 is 10.2 Å². The number of hydrogen-bond donors (Lipinski definition) is 1. The molecular weight excluding hydrogens is 360 g/mol. The molecule has 1 aromatic carbocycles. The summed E-state index contributed by atoms with van der Waals surface area (Å²) in [4.78, 5) is 36.2. The first-order valence-electron chi connectivity index (χ1n) is 8.92. The van der Waals surface area contributed by atoms with E-state index in [1.165, 1.54) is 11.3 Å². The average Bonchev–Trinajstić information content (AvgIpc) is 3.32. The number of carbonyl (C=O) groups excluding carboxylic acids is 2. The first-order valence-corrected chi connectivity index (χ1v) is 9.80. The first-order chi connectivity index (χ1) is 13.0. The molecule has 138 valence electrons. The van der Waals surface area contributed by atoms with Gasteiger partial charge in [0.05, 0.1) is 16.8 Å². The van der Waals surface area contributed by atoms with Crippen LogP contribution < -0.4 is 5.32 Å². The maximum absolute atomic E-state index is 13.2. The fraction of sp³-hybridized carbons (Fsp3) is 0.300. The Kier molecular flexibility index (Phi) is 4.61. The number of anilines is 1. The van der Waals surface area contributed by atoms with Crippen LogP contribution in [0.4, 0.5) is 5.13 Å². The van der Waals surface area contributed by atoms with Crippen LogP contribution in [0.5, 0.6) is 0 Å². The van der Waals surface area contributed by atoms with Gasteiger partial charge in [-0.25, -0.2) is 4.98 Å². The predicted molar refractivity (Wildman–Crippen MR) is 106 cm³/mol. The van der Waals surface area contributed by atoms with Crippen LogP contribution in [0.25, 0.3) is 10.9 Å². The summed E-state index contributed by atoms with van der Waals surface area (Å²) in [5.74, 6) is -0.321. The van der Waals surface area contributed by atoms with Crippen LogP contribution in [0.2, 0.25) is 0 Å². The topological polar surface area (TPSA) is 75.2 Å². The molecule has 2 amide bonds. The zero-order chi connectivity index (χ0) is 19.0. The minimum Gasteiger partial charge on any atom is -0.327 e. The van der Waals surface area contributed by atoms with E-state index in [0.29, 0.717) is 29.4 Å². The number of aryl methyl sites for hydroxylation is 2. The fourth-order valence-electron chi connectivity index (χ4n) is 3.52. The number of rotatable bonds is 3. The normalized spacial score (nSPS) is 16.7. The molecule has 1 aliphatic heterocycles. The van der Waals surface area contributed by atoms with Crippen molar-refractivity contribution < 1.29 is 9.59 Å². The maximum Gasteiger partial charge on any atom is 0.256 e. The lowest BCUT2D eigenvalue weighted by Crippen LogP contribution is -2.43. The summed E-state index contributed by atoms with van der Waals surface area (Å²) in [5.41, 5.74) is 3.23. The highest BCUT2D eigenvalue weighted by Crippen LogP contribution is 2.25. The number of nitrogens with one attached hydrogen (secondary N) is 1. The third kappa shape index (κ3) is 3.42. The van der Waals surface area contributed by atoms with E-state index in [9.17, 15) is 9.59 Å². The van der Waals surface area contributed by atoms with Gasteiger partial charge in [0.15, 0.2) is 5.13 Å². The number of thiazole rings is 1. The third-order valence-electron chi connectivity index (χ3n) is 4.87. The summed E-state index contributed by atoms with van der Waals surface area (Å²) in [6.45, 7) is 4.42. The van der Waals surface area contributed by atoms with Crippen LogP contribution in [0.3, 0.4) is 0 Å². The van der Waals surface area contributed by atoms with Crippen molar-refractivity contribution in [3.05, 3.63) is 52.7 Å². The summed E-state index contributed by atoms with van der Waals surface area (Å²) in [5, 5.41) is 6.11. The van der Waals surface area contributed by atoms with Crippen LogP contribution in [0.1, 0.15) is 34.5 Å². The van der Waals surface area contributed by atoms with Gasteiger partial charge in [-0.1, -0.05) is 11.6 Å². The Morgan fingerprint density at radius 2 is 2.11 bits per heavy atom. The lowest BCUT2D eigenvalue weighted by Gasteiger charge is -2.24. The number of hydrogen-bond acceptors (Lipinski definition) is 5. The Balaban J connectivity index is 1.62. The molecule has 0 saturated carbocycles. The Morgan fingerprint density at radius 1 is 1.26 bits per heavy atom. The highest BCUT2D eigenvalue weighted by molar-refractivity contribution is 7.13. The van der Waals surface area contributed by atoms with Crippen molar-refractivity contribution in [2.45, 2.75) is 32.7 Å². The molecule has 0 spiro atoms. The van der Waals surface area contributed by atoms with E-state index in [0.717, 1.165) is 22.9 Å². The summed E-state index contributed by atoms with van der Waals surface area (Å²) >= 11 is 1.36. The summed E-state index contributed by atoms with van der Waals surface area (Å²) in [7, 11) is 0. The average molecular weight is 380 g/mol. The van der Waals surface area contributed by atoms with Crippen LogP contribution in [-0.2, 0) is 4.79 Å². The van der Waals surface area contributed by atoms with E-state index in [1.807, 2.05) is 38.1 Å². The minimum atomic E-state index is -0.478. The Bertz CT molecular complexity index is 1020. The molecule has 1 atom stereocenters. The molecule has 2 aromatic heterocycles. The number of benzene rings is 1. The maximum atomic E-state index is 13.2. The molecule has 3 heterocycles. The van der Waals surface area contributed by atoms with Gasteiger partial charge in [0.1, 0.15) is 6.04 Å². The molecule has 0 radical (unpaired) electrons. The van der Waals surface area contributed by atoms with Crippen molar-refractivity contribution in [3.63, 3.8) is 0 Å². The first kappa shape index (κ1) is 17.6. The van der Waals surface area contributed by atoms with E-state index < -0.39 is 6.04 Å². The molecule has 7 heteroatoms. The Labute approximate surface area is 161 Å². The van der Waals surface area contributed by atoms with E-state index >= 15 is 0 Å². The van der Waals surface area contributed by atoms with Crippen molar-refractivity contribution in [1.29, 1.82) is 0 Å². The molecule has 27 heavy (non-hydrogen) atoms. The highest BCUT2D eigenvalue weighted by atomic mass is 32.1. The van der Waals surface area contributed by atoms with Crippen molar-refractivity contribution in [3.8, 4) is 0 Å². The zero-order valence-corrected chi connectivity index (χ0v) is 16.0. The number of amides is 2. The lowest BCUT2D eigenvalue weighted by atomic mass is 10.1. The number of likely N-dealkylation sites (tertiary alicyclic amines) is 1. The van der Waals surface area contributed by atoms with Gasteiger partial charge >= 0.3 is 0 Å².